The minimum Gasteiger partial charge on any atom is -0.321 e. The van der Waals surface area contributed by atoms with Gasteiger partial charge in [-0.25, -0.2) is 0 Å². The van der Waals surface area contributed by atoms with E-state index < -0.39 is 16.7 Å². The lowest BCUT2D eigenvalue weighted by atomic mass is 10.1. The summed E-state index contributed by atoms with van der Waals surface area (Å²) in [6.45, 7) is 0. The Morgan fingerprint density at radius 1 is 1.03 bits per heavy atom. The van der Waals surface area contributed by atoms with Crippen molar-refractivity contribution in [1.82, 2.24) is 5.32 Å². The minimum absolute atomic E-state index is 0.106. The van der Waals surface area contributed by atoms with Crippen LogP contribution < -0.4 is 10.6 Å². The number of hydrogen-bond donors (Lipinski definition) is 2. The molecule has 2 amide bonds. The number of nitro benzene ring substituents is 1. The number of benzene rings is 2. The van der Waals surface area contributed by atoms with Crippen LogP contribution in [-0.2, 0) is 4.79 Å². The third-order valence-electron chi connectivity index (χ3n) is 3.75. The maximum Gasteiger partial charge on any atom is 0.272 e. The molecule has 10 heteroatoms. The fourth-order valence-electron chi connectivity index (χ4n) is 2.47. The van der Waals surface area contributed by atoms with E-state index in [2.05, 4.69) is 10.6 Å². The lowest BCUT2D eigenvalue weighted by Crippen LogP contribution is -2.30. The molecule has 0 aliphatic carbocycles. The van der Waals surface area contributed by atoms with E-state index in [-0.39, 0.29) is 11.4 Å². The number of carbonyl (C=O) groups is 2. The van der Waals surface area contributed by atoms with Crippen LogP contribution in [0.3, 0.4) is 0 Å². The number of nitrogens with zero attached hydrogens (tertiary/aromatic N) is 1. The normalized spacial score (nSPS) is 11.1. The van der Waals surface area contributed by atoms with Crippen molar-refractivity contribution in [3.05, 3.63) is 96.3 Å². The SMILES string of the molecule is O=C(Nc1cc(Cl)cc(Cl)c1)C(=Cc1cccc([N+](=O)[O-])c1)NC(=O)c1cccs1. The van der Waals surface area contributed by atoms with Crippen LogP contribution in [0.2, 0.25) is 10.0 Å². The Labute approximate surface area is 185 Å². The summed E-state index contributed by atoms with van der Waals surface area (Å²) in [5.74, 6) is -1.13. The number of halogens is 2. The quantitative estimate of drug-likeness (QED) is 0.292. The summed E-state index contributed by atoms with van der Waals surface area (Å²) in [4.78, 5) is 36.2. The van der Waals surface area contributed by atoms with Crippen LogP contribution in [0.1, 0.15) is 15.2 Å². The molecule has 0 fully saturated rings. The molecule has 0 bridgehead atoms. The highest BCUT2D eigenvalue weighted by Gasteiger charge is 2.17. The van der Waals surface area contributed by atoms with E-state index in [0.717, 1.165) is 0 Å². The van der Waals surface area contributed by atoms with Crippen LogP contribution in [0.25, 0.3) is 6.08 Å². The maximum absolute atomic E-state index is 12.9. The van der Waals surface area contributed by atoms with Gasteiger partial charge in [-0.05, 0) is 41.3 Å². The predicted molar refractivity (Wildman–Crippen MR) is 118 cm³/mol. The Morgan fingerprint density at radius 2 is 1.77 bits per heavy atom. The van der Waals surface area contributed by atoms with Gasteiger partial charge in [-0.2, -0.15) is 0 Å². The maximum atomic E-state index is 12.9. The second-order valence-corrected chi connectivity index (χ2v) is 7.77. The van der Waals surface area contributed by atoms with E-state index in [1.807, 2.05) is 0 Å². The zero-order chi connectivity index (χ0) is 21.7. The van der Waals surface area contributed by atoms with Crippen molar-refractivity contribution in [3.8, 4) is 0 Å². The van der Waals surface area contributed by atoms with Gasteiger partial charge >= 0.3 is 0 Å². The smallest absolute Gasteiger partial charge is 0.272 e. The molecule has 0 aliphatic heterocycles. The van der Waals surface area contributed by atoms with Crippen molar-refractivity contribution in [1.29, 1.82) is 0 Å². The third kappa shape index (κ3) is 5.66. The van der Waals surface area contributed by atoms with E-state index in [1.54, 1.807) is 23.6 Å². The molecule has 2 aromatic carbocycles. The zero-order valence-corrected chi connectivity index (χ0v) is 17.4. The minimum atomic E-state index is -0.648. The van der Waals surface area contributed by atoms with Gasteiger partial charge in [-0.3, -0.25) is 19.7 Å². The van der Waals surface area contributed by atoms with E-state index in [9.17, 15) is 19.7 Å². The molecule has 0 unspecified atom stereocenters. The molecule has 0 saturated heterocycles. The Morgan fingerprint density at radius 3 is 2.40 bits per heavy atom. The molecule has 2 N–H and O–H groups in total. The first-order valence-corrected chi connectivity index (χ1v) is 10.0. The lowest BCUT2D eigenvalue weighted by molar-refractivity contribution is -0.384. The molecule has 0 saturated carbocycles. The summed E-state index contributed by atoms with van der Waals surface area (Å²) in [5, 5.41) is 18.6. The second kappa shape index (κ2) is 9.53. The predicted octanol–water partition coefficient (Wildman–Crippen LogP) is 5.37. The van der Waals surface area contributed by atoms with Gasteiger partial charge in [0.2, 0.25) is 0 Å². The second-order valence-electron chi connectivity index (χ2n) is 5.95. The number of thiophene rings is 1. The van der Waals surface area contributed by atoms with E-state index in [0.29, 0.717) is 26.2 Å². The first kappa shape index (κ1) is 21.5. The highest BCUT2D eigenvalue weighted by atomic mass is 35.5. The zero-order valence-electron chi connectivity index (χ0n) is 15.1. The van der Waals surface area contributed by atoms with Gasteiger partial charge in [0, 0.05) is 27.9 Å². The summed E-state index contributed by atoms with van der Waals surface area (Å²) < 4.78 is 0. The fraction of sp³-hybridized carbons (Fsp3) is 0. The van der Waals surface area contributed by atoms with Crippen molar-refractivity contribution in [3.63, 3.8) is 0 Å². The summed E-state index contributed by atoms with van der Waals surface area (Å²) in [7, 11) is 0. The first-order chi connectivity index (χ1) is 14.3. The molecule has 3 aromatic rings. The fourth-order valence-corrected chi connectivity index (χ4v) is 3.61. The van der Waals surface area contributed by atoms with E-state index in [4.69, 9.17) is 23.2 Å². The van der Waals surface area contributed by atoms with Crippen molar-refractivity contribution in [2.24, 2.45) is 0 Å². The van der Waals surface area contributed by atoms with Gasteiger partial charge in [-0.1, -0.05) is 41.4 Å². The number of nitro groups is 1. The highest BCUT2D eigenvalue weighted by molar-refractivity contribution is 7.12. The largest absolute Gasteiger partial charge is 0.321 e. The van der Waals surface area contributed by atoms with Crippen LogP contribution >= 0.6 is 34.5 Å². The highest BCUT2D eigenvalue weighted by Crippen LogP contribution is 2.23. The summed E-state index contributed by atoms with van der Waals surface area (Å²) in [5.41, 5.74) is 0.442. The molecule has 1 aromatic heterocycles. The van der Waals surface area contributed by atoms with E-state index in [1.165, 1.54) is 53.8 Å². The van der Waals surface area contributed by atoms with Gasteiger partial charge in [0.1, 0.15) is 5.70 Å². The van der Waals surface area contributed by atoms with Gasteiger partial charge in [0.05, 0.1) is 9.80 Å². The molecule has 30 heavy (non-hydrogen) atoms. The topological polar surface area (TPSA) is 101 Å². The average molecular weight is 462 g/mol. The Balaban J connectivity index is 1.93. The Hall–Kier alpha value is -3.20. The third-order valence-corrected chi connectivity index (χ3v) is 5.06. The number of anilines is 1. The van der Waals surface area contributed by atoms with Gasteiger partial charge in [0.25, 0.3) is 17.5 Å². The van der Waals surface area contributed by atoms with E-state index >= 15 is 0 Å². The lowest BCUT2D eigenvalue weighted by Gasteiger charge is -2.11. The van der Waals surface area contributed by atoms with Crippen molar-refractivity contribution in [2.75, 3.05) is 5.32 Å². The van der Waals surface area contributed by atoms with Gasteiger partial charge in [-0.15, -0.1) is 11.3 Å². The van der Waals surface area contributed by atoms with Crippen LogP contribution in [-0.4, -0.2) is 16.7 Å². The monoisotopic (exact) mass is 461 g/mol. The molecule has 0 radical (unpaired) electrons. The number of rotatable bonds is 6. The van der Waals surface area contributed by atoms with Crippen LogP contribution in [0.5, 0.6) is 0 Å². The van der Waals surface area contributed by atoms with Crippen LogP contribution in [0, 0.1) is 10.1 Å². The molecule has 0 atom stereocenters. The number of amides is 2. The first-order valence-electron chi connectivity index (χ1n) is 8.40. The van der Waals surface area contributed by atoms with Crippen molar-refractivity contribution in [2.45, 2.75) is 0 Å². The molecule has 1 heterocycles. The average Bonchev–Trinajstić information content (AvgIpc) is 3.21. The molecular weight excluding hydrogens is 449 g/mol. The molecule has 7 nitrogen and oxygen atoms in total. The molecule has 0 spiro atoms. The number of non-ortho nitro benzene ring substituents is 1. The molecule has 152 valence electrons. The number of nitrogens with one attached hydrogen (secondary N) is 2. The van der Waals surface area contributed by atoms with Crippen LogP contribution in [0.4, 0.5) is 11.4 Å². The van der Waals surface area contributed by atoms with Crippen molar-refractivity contribution >= 4 is 63.8 Å². The number of carbonyl (C=O) groups excluding carboxylic acids is 2. The number of hydrogen-bond acceptors (Lipinski definition) is 5. The Bertz CT molecular complexity index is 1130. The summed E-state index contributed by atoms with van der Waals surface area (Å²) in [6.07, 6.45) is 1.35. The molecule has 3 rings (SSSR count). The van der Waals surface area contributed by atoms with Crippen molar-refractivity contribution < 1.29 is 14.5 Å². The van der Waals surface area contributed by atoms with Gasteiger partial charge < -0.3 is 10.6 Å². The molecule has 0 aliphatic rings. The Kier molecular flexibility index (Phi) is 6.83. The van der Waals surface area contributed by atoms with Gasteiger partial charge in [0.15, 0.2) is 0 Å². The standard InChI is InChI=1S/C20H13Cl2N3O4S/c21-13-9-14(22)11-15(10-13)23-19(26)17(24-20(27)18-5-2-6-30-18)8-12-3-1-4-16(7-12)25(28)29/h1-11H,(H,23,26)(H,24,27). The van der Waals surface area contributed by atoms with Crippen LogP contribution in [0.15, 0.2) is 65.7 Å². The summed E-state index contributed by atoms with van der Waals surface area (Å²) >= 11 is 13.1. The summed E-state index contributed by atoms with van der Waals surface area (Å²) in [6, 6.07) is 13.5. The molecular formula is C20H13Cl2N3O4S.